The van der Waals surface area contributed by atoms with Crippen LogP contribution < -0.4 is 4.74 Å². The fourth-order valence-electron chi connectivity index (χ4n) is 1.59. The highest BCUT2D eigenvalue weighted by atomic mass is 16.6. The fourth-order valence-corrected chi connectivity index (χ4v) is 1.59. The van der Waals surface area contributed by atoms with Gasteiger partial charge in [0, 0.05) is 12.6 Å². The maximum absolute atomic E-state index is 10.9. The molecule has 0 aromatic heterocycles. The lowest BCUT2D eigenvalue weighted by molar-refractivity contribution is -0.385. The lowest BCUT2D eigenvalue weighted by Gasteiger charge is -2.21. The number of aliphatic carboxylic acids is 1. The third-order valence-corrected chi connectivity index (χ3v) is 2.89. The topological polar surface area (TPSA) is 92.9 Å². The molecule has 1 rings (SSSR count). The Morgan fingerprint density at radius 1 is 1.58 bits per heavy atom. The van der Waals surface area contributed by atoms with Crippen LogP contribution in [0.3, 0.4) is 0 Å². The molecule has 1 unspecified atom stereocenters. The van der Waals surface area contributed by atoms with Crippen LogP contribution in [0.15, 0.2) is 18.2 Å². The highest BCUT2D eigenvalue weighted by Gasteiger charge is 2.19. The third kappa shape index (κ3) is 3.65. The predicted octanol–water partition coefficient (Wildman–Crippen LogP) is 1.51. The van der Waals surface area contributed by atoms with Crippen LogP contribution in [0.5, 0.6) is 5.75 Å². The molecule has 0 aliphatic rings. The molecule has 104 valence electrons. The number of carboxylic acid groups (broad SMARTS) is 1. The molecule has 0 fully saturated rings. The Bertz CT molecular complexity index is 489. The van der Waals surface area contributed by atoms with Crippen LogP contribution in [0, 0.1) is 10.1 Å². The van der Waals surface area contributed by atoms with E-state index >= 15 is 0 Å². The van der Waals surface area contributed by atoms with E-state index in [2.05, 4.69) is 0 Å². The minimum Gasteiger partial charge on any atom is -0.490 e. The second kappa shape index (κ2) is 6.14. The first-order valence-corrected chi connectivity index (χ1v) is 5.61. The lowest BCUT2D eigenvalue weighted by Crippen LogP contribution is -2.35. The second-order valence-corrected chi connectivity index (χ2v) is 4.19. The first-order chi connectivity index (χ1) is 8.86. The normalized spacial score (nSPS) is 12.2. The zero-order valence-corrected chi connectivity index (χ0v) is 11.0. The number of nitro groups is 1. The molecule has 0 saturated heterocycles. The molecule has 0 aliphatic heterocycles. The zero-order valence-electron chi connectivity index (χ0n) is 11.0. The van der Waals surface area contributed by atoms with Gasteiger partial charge in [-0.3, -0.25) is 19.8 Å². The van der Waals surface area contributed by atoms with E-state index in [4.69, 9.17) is 9.84 Å². The van der Waals surface area contributed by atoms with Gasteiger partial charge in [0.1, 0.15) is 6.04 Å². The minimum absolute atomic E-state index is 0.128. The fraction of sp³-hybridized carbons (Fsp3) is 0.417. The number of hydrogen-bond donors (Lipinski definition) is 1. The molecule has 0 aliphatic carbocycles. The summed E-state index contributed by atoms with van der Waals surface area (Å²) >= 11 is 0. The monoisotopic (exact) mass is 268 g/mol. The third-order valence-electron chi connectivity index (χ3n) is 2.89. The number of methoxy groups -OCH3 is 1. The summed E-state index contributed by atoms with van der Waals surface area (Å²) in [5.41, 5.74) is 0.527. The Labute approximate surface area is 110 Å². The van der Waals surface area contributed by atoms with Crippen molar-refractivity contribution in [3.05, 3.63) is 33.9 Å². The molecule has 0 heterocycles. The number of carboxylic acids is 1. The van der Waals surface area contributed by atoms with Gasteiger partial charge in [0.25, 0.3) is 0 Å². The summed E-state index contributed by atoms with van der Waals surface area (Å²) in [4.78, 5) is 22.8. The quantitative estimate of drug-likeness (QED) is 0.621. The van der Waals surface area contributed by atoms with Crippen LogP contribution in [0.2, 0.25) is 0 Å². The van der Waals surface area contributed by atoms with Crippen molar-refractivity contribution in [3.63, 3.8) is 0 Å². The summed E-state index contributed by atoms with van der Waals surface area (Å²) in [5.74, 6) is -0.756. The van der Waals surface area contributed by atoms with Crippen molar-refractivity contribution >= 4 is 11.7 Å². The average Bonchev–Trinajstić information content (AvgIpc) is 2.37. The standard InChI is InChI=1S/C12H16N2O5/c1-8(12(15)16)13(2)7-9-4-5-11(19-3)10(6-9)14(17)18/h4-6,8H,7H2,1-3H3,(H,15,16). The number of hydrogen-bond acceptors (Lipinski definition) is 5. The maximum atomic E-state index is 10.9. The van der Waals surface area contributed by atoms with Gasteiger partial charge in [0.05, 0.1) is 12.0 Å². The van der Waals surface area contributed by atoms with Crippen molar-refractivity contribution in [1.29, 1.82) is 0 Å². The van der Waals surface area contributed by atoms with Crippen molar-refractivity contribution in [2.75, 3.05) is 14.2 Å². The van der Waals surface area contributed by atoms with Crippen molar-refractivity contribution in [1.82, 2.24) is 4.90 Å². The first-order valence-electron chi connectivity index (χ1n) is 5.61. The molecule has 7 heteroatoms. The van der Waals surface area contributed by atoms with E-state index < -0.39 is 16.9 Å². The number of likely N-dealkylation sites (N-methyl/N-ethyl adjacent to an activating group) is 1. The Morgan fingerprint density at radius 2 is 2.21 bits per heavy atom. The predicted molar refractivity (Wildman–Crippen MR) is 68.2 cm³/mol. The Morgan fingerprint density at radius 3 is 2.68 bits per heavy atom. The van der Waals surface area contributed by atoms with Crippen LogP contribution in [-0.4, -0.2) is 41.1 Å². The van der Waals surface area contributed by atoms with Gasteiger partial charge in [-0.1, -0.05) is 6.07 Å². The molecule has 0 spiro atoms. The molecule has 0 bridgehead atoms. The minimum atomic E-state index is -0.939. The van der Waals surface area contributed by atoms with E-state index in [9.17, 15) is 14.9 Å². The van der Waals surface area contributed by atoms with Crippen LogP contribution in [0.1, 0.15) is 12.5 Å². The van der Waals surface area contributed by atoms with E-state index in [1.807, 2.05) is 0 Å². The van der Waals surface area contributed by atoms with Gasteiger partial charge < -0.3 is 9.84 Å². The summed E-state index contributed by atoms with van der Waals surface area (Å²) in [5, 5.41) is 19.8. The molecule has 1 aromatic carbocycles. The Balaban J connectivity index is 2.94. The van der Waals surface area contributed by atoms with Gasteiger partial charge in [-0.05, 0) is 25.6 Å². The molecule has 1 atom stereocenters. The number of benzene rings is 1. The molecule has 1 aromatic rings. The molecule has 0 saturated carbocycles. The summed E-state index contributed by atoms with van der Waals surface area (Å²) in [7, 11) is 3.01. The van der Waals surface area contributed by atoms with Gasteiger partial charge in [0.2, 0.25) is 0 Å². The summed E-state index contributed by atoms with van der Waals surface area (Å²) in [6, 6.07) is 3.91. The van der Waals surface area contributed by atoms with Crippen LogP contribution in [0.4, 0.5) is 5.69 Å². The van der Waals surface area contributed by atoms with Crippen molar-refractivity contribution < 1.29 is 19.6 Å². The molecule has 19 heavy (non-hydrogen) atoms. The smallest absolute Gasteiger partial charge is 0.320 e. The number of nitrogens with zero attached hydrogens (tertiary/aromatic N) is 2. The molecular weight excluding hydrogens is 252 g/mol. The molecule has 7 nitrogen and oxygen atoms in total. The van der Waals surface area contributed by atoms with Crippen molar-refractivity contribution in [2.24, 2.45) is 0 Å². The van der Waals surface area contributed by atoms with Crippen LogP contribution >= 0.6 is 0 Å². The Kier molecular flexibility index (Phi) is 4.82. The van der Waals surface area contributed by atoms with E-state index in [0.29, 0.717) is 12.1 Å². The van der Waals surface area contributed by atoms with E-state index in [1.54, 1.807) is 24.9 Å². The molecular formula is C12H16N2O5. The van der Waals surface area contributed by atoms with Gasteiger partial charge in [0.15, 0.2) is 5.75 Å². The Hall–Kier alpha value is -2.15. The number of nitro benzene ring substituents is 1. The van der Waals surface area contributed by atoms with Crippen LogP contribution in [0.25, 0.3) is 0 Å². The summed E-state index contributed by atoms with van der Waals surface area (Å²) in [6.45, 7) is 1.86. The van der Waals surface area contributed by atoms with Gasteiger partial charge >= 0.3 is 11.7 Å². The van der Waals surface area contributed by atoms with E-state index in [1.165, 1.54) is 19.2 Å². The average molecular weight is 268 g/mol. The molecule has 0 amide bonds. The number of carbonyl (C=O) groups is 1. The van der Waals surface area contributed by atoms with E-state index in [-0.39, 0.29) is 11.4 Å². The lowest BCUT2D eigenvalue weighted by atomic mass is 10.1. The molecule has 0 radical (unpaired) electrons. The summed E-state index contributed by atoms with van der Waals surface area (Å²) in [6.07, 6.45) is 0. The van der Waals surface area contributed by atoms with Crippen LogP contribution in [-0.2, 0) is 11.3 Å². The number of rotatable bonds is 6. The highest BCUT2D eigenvalue weighted by Crippen LogP contribution is 2.28. The van der Waals surface area contributed by atoms with Gasteiger partial charge in [-0.2, -0.15) is 0 Å². The van der Waals surface area contributed by atoms with E-state index in [0.717, 1.165) is 0 Å². The highest BCUT2D eigenvalue weighted by molar-refractivity contribution is 5.72. The van der Waals surface area contributed by atoms with Gasteiger partial charge in [-0.25, -0.2) is 0 Å². The summed E-state index contributed by atoms with van der Waals surface area (Å²) < 4.78 is 4.90. The molecule has 1 N–H and O–H groups in total. The van der Waals surface area contributed by atoms with Crippen molar-refractivity contribution in [2.45, 2.75) is 19.5 Å². The van der Waals surface area contributed by atoms with Crippen molar-refractivity contribution in [3.8, 4) is 5.75 Å². The SMILES string of the molecule is COc1ccc(CN(C)C(C)C(=O)O)cc1[N+](=O)[O-]. The van der Waals surface area contributed by atoms with Gasteiger partial charge in [-0.15, -0.1) is 0 Å². The second-order valence-electron chi connectivity index (χ2n) is 4.19. The first kappa shape index (κ1) is 14.9. The largest absolute Gasteiger partial charge is 0.490 e. The maximum Gasteiger partial charge on any atom is 0.320 e. The zero-order chi connectivity index (χ0) is 14.6. The number of ether oxygens (including phenoxy) is 1.